The van der Waals surface area contributed by atoms with Crippen molar-refractivity contribution in [3.8, 4) is 0 Å². The molecule has 20 heavy (non-hydrogen) atoms. The molecule has 0 aromatic carbocycles. The second-order valence-electron chi connectivity index (χ2n) is 7.92. The Morgan fingerprint density at radius 1 is 1.25 bits per heavy atom. The SMILES string of the molecule is CC1(C)OC(C)(C)C(CN2CC3CCC(O)C3C2)C1=O. The molecule has 4 nitrogen and oxygen atoms in total. The molecule has 0 amide bonds. The van der Waals surface area contributed by atoms with Crippen LogP contribution in [0.3, 0.4) is 0 Å². The Bertz CT molecular complexity index is 418. The van der Waals surface area contributed by atoms with Crippen LogP contribution in [0.25, 0.3) is 0 Å². The molecule has 1 aliphatic carbocycles. The normalized spacial score (nSPS) is 43.1. The maximum Gasteiger partial charge on any atom is 0.171 e. The van der Waals surface area contributed by atoms with E-state index in [4.69, 9.17) is 4.74 Å². The summed E-state index contributed by atoms with van der Waals surface area (Å²) in [6.07, 6.45) is 1.95. The van der Waals surface area contributed by atoms with E-state index < -0.39 is 11.2 Å². The number of hydrogen-bond acceptors (Lipinski definition) is 4. The first-order valence-electron chi connectivity index (χ1n) is 7.85. The zero-order valence-electron chi connectivity index (χ0n) is 13.1. The minimum absolute atomic E-state index is 0.0616. The third-order valence-corrected chi connectivity index (χ3v) is 5.60. The van der Waals surface area contributed by atoms with Crippen LogP contribution in [0.2, 0.25) is 0 Å². The van der Waals surface area contributed by atoms with E-state index in [1.165, 1.54) is 0 Å². The Balaban J connectivity index is 1.68. The van der Waals surface area contributed by atoms with Gasteiger partial charge in [-0.25, -0.2) is 0 Å². The van der Waals surface area contributed by atoms with Gasteiger partial charge in [-0.05, 0) is 46.5 Å². The largest absolute Gasteiger partial charge is 0.393 e. The van der Waals surface area contributed by atoms with E-state index >= 15 is 0 Å². The highest BCUT2D eigenvalue weighted by molar-refractivity contribution is 5.91. The molecule has 4 atom stereocenters. The van der Waals surface area contributed by atoms with Crippen LogP contribution >= 0.6 is 0 Å². The molecular weight excluding hydrogens is 254 g/mol. The van der Waals surface area contributed by atoms with Crippen molar-refractivity contribution in [3.63, 3.8) is 0 Å². The minimum Gasteiger partial charge on any atom is -0.393 e. The van der Waals surface area contributed by atoms with Crippen LogP contribution in [0.5, 0.6) is 0 Å². The fraction of sp³-hybridized carbons (Fsp3) is 0.938. The molecule has 2 heterocycles. The predicted molar refractivity (Wildman–Crippen MR) is 76.4 cm³/mol. The van der Waals surface area contributed by atoms with Gasteiger partial charge in [-0.3, -0.25) is 4.79 Å². The van der Waals surface area contributed by atoms with Crippen LogP contribution in [0.15, 0.2) is 0 Å². The molecule has 114 valence electrons. The summed E-state index contributed by atoms with van der Waals surface area (Å²) in [5.74, 6) is 1.20. The Kier molecular flexibility index (Phi) is 3.27. The highest BCUT2D eigenvalue weighted by Gasteiger charge is 2.54. The Labute approximate surface area is 121 Å². The average molecular weight is 281 g/mol. The van der Waals surface area contributed by atoms with Crippen molar-refractivity contribution in [1.29, 1.82) is 0 Å². The number of likely N-dealkylation sites (tertiary alicyclic amines) is 1. The highest BCUT2D eigenvalue weighted by atomic mass is 16.5. The number of aliphatic hydroxyl groups is 1. The quantitative estimate of drug-likeness (QED) is 0.832. The molecule has 3 rings (SSSR count). The van der Waals surface area contributed by atoms with Gasteiger partial charge >= 0.3 is 0 Å². The summed E-state index contributed by atoms with van der Waals surface area (Å²) in [4.78, 5) is 14.9. The number of ether oxygens (including phenoxy) is 1. The van der Waals surface area contributed by atoms with E-state index in [1.54, 1.807) is 0 Å². The maximum atomic E-state index is 12.5. The van der Waals surface area contributed by atoms with Crippen LogP contribution in [-0.4, -0.2) is 52.7 Å². The summed E-state index contributed by atoms with van der Waals surface area (Å²) in [5, 5.41) is 10.00. The summed E-state index contributed by atoms with van der Waals surface area (Å²) >= 11 is 0. The van der Waals surface area contributed by atoms with Crippen LogP contribution in [0, 0.1) is 17.8 Å². The van der Waals surface area contributed by atoms with Crippen molar-refractivity contribution in [2.24, 2.45) is 17.8 Å². The van der Waals surface area contributed by atoms with Crippen molar-refractivity contribution in [2.75, 3.05) is 19.6 Å². The summed E-state index contributed by atoms with van der Waals surface area (Å²) in [7, 11) is 0. The van der Waals surface area contributed by atoms with Gasteiger partial charge in [-0.15, -0.1) is 0 Å². The van der Waals surface area contributed by atoms with E-state index in [9.17, 15) is 9.90 Å². The molecule has 3 fully saturated rings. The van der Waals surface area contributed by atoms with Crippen molar-refractivity contribution in [2.45, 2.75) is 57.8 Å². The monoisotopic (exact) mass is 281 g/mol. The molecule has 2 aliphatic heterocycles. The first kappa shape index (κ1) is 14.5. The van der Waals surface area contributed by atoms with Gasteiger partial charge in [-0.2, -0.15) is 0 Å². The van der Waals surface area contributed by atoms with Crippen LogP contribution in [-0.2, 0) is 9.53 Å². The molecule has 4 unspecified atom stereocenters. The lowest BCUT2D eigenvalue weighted by atomic mass is 9.85. The van der Waals surface area contributed by atoms with Crippen molar-refractivity contribution in [3.05, 3.63) is 0 Å². The van der Waals surface area contributed by atoms with Gasteiger partial charge in [0.05, 0.1) is 17.6 Å². The lowest BCUT2D eigenvalue weighted by Gasteiger charge is -2.29. The Morgan fingerprint density at radius 3 is 2.50 bits per heavy atom. The van der Waals surface area contributed by atoms with E-state index in [2.05, 4.69) is 4.90 Å². The lowest BCUT2D eigenvalue weighted by Crippen LogP contribution is -2.41. The number of rotatable bonds is 2. The molecule has 3 aliphatic rings. The molecule has 0 radical (unpaired) electrons. The molecule has 4 heteroatoms. The van der Waals surface area contributed by atoms with E-state index in [-0.39, 0.29) is 17.8 Å². The average Bonchev–Trinajstić information content (AvgIpc) is 2.89. The van der Waals surface area contributed by atoms with Gasteiger partial charge in [0.2, 0.25) is 0 Å². The lowest BCUT2D eigenvalue weighted by molar-refractivity contribution is -0.132. The number of fused-ring (bicyclic) bond motifs is 1. The summed E-state index contributed by atoms with van der Waals surface area (Å²) in [6, 6.07) is 0. The summed E-state index contributed by atoms with van der Waals surface area (Å²) in [5.41, 5.74) is -1.06. The molecule has 2 saturated heterocycles. The zero-order chi connectivity index (χ0) is 14.7. The van der Waals surface area contributed by atoms with Crippen LogP contribution in [0.1, 0.15) is 40.5 Å². The Hall–Kier alpha value is -0.450. The third-order valence-electron chi connectivity index (χ3n) is 5.60. The predicted octanol–water partition coefficient (Wildman–Crippen LogP) is 1.46. The smallest absolute Gasteiger partial charge is 0.171 e. The minimum atomic E-state index is -0.663. The fourth-order valence-electron chi connectivity index (χ4n) is 4.55. The van der Waals surface area contributed by atoms with Gasteiger partial charge in [0.15, 0.2) is 5.78 Å². The number of carbonyl (C=O) groups excluding carboxylic acids is 1. The number of nitrogens with zero attached hydrogens (tertiary/aromatic N) is 1. The highest BCUT2D eigenvalue weighted by Crippen LogP contribution is 2.42. The molecule has 1 N–H and O–H groups in total. The molecular formula is C16H27NO3. The second-order valence-corrected chi connectivity index (χ2v) is 7.92. The molecule has 1 saturated carbocycles. The van der Waals surface area contributed by atoms with Crippen LogP contribution in [0.4, 0.5) is 0 Å². The summed E-state index contributed by atoms with van der Waals surface area (Å²) < 4.78 is 5.96. The number of Topliss-reactive ketones (excluding diaryl/α,β-unsaturated/α-hetero) is 1. The summed E-state index contributed by atoms with van der Waals surface area (Å²) in [6.45, 7) is 10.5. The van der Waals surface area contributed by atoms with Gasteiger partial charge in [0.25, 0.3) is 0 Å². The maximum absolute atomic E-state index is 12.5. The van der Waals surface area contributed by atoms with E-state index in [0.717, 1.165) is 32.5 Å². The standard InChI is InChI=1S/C16H27NO3/c1-15(2)12(14(19)16(3,4)20-15)9-17-7-10-5-6-13(18)11(10)8-17/h10-13,18H,5-9H2,1-4H3. The topological polar surface area (TPSA) is 49.8 Å². The van der Waals surface area contributed by atoms with Crippen molar-refractivity contribution in [1.82, 2.24) is 4.90 Å². The fourth-order valence-corrected chi connectivity index (χ4v) is 4.55. The van der Waals surface area contributed by atoms with E-state index in [1.807, 2.05) is 27.7 Å². The third kappa shape index (κ3) is 2.22. The van der Waals surface area contributed by atoms with Crippen molar-refractivity contribution >= 4 is 5.78 Å². The number of carbonyl (C=O) groups is 1. The molecule has 0 spiro atoms. The first-order valence-corrected chi connectivity index (χ1v) is 7.85. The number of ketones is 1. The molecule has 0 aromatic heterocycles. The Morgan fingerprint density at radius 2 is 1.95 bits per heavy atom. The van der Waals surface area contributed by atoms with Crippen molar-refractivity contribution < 1.29 is 14.6 Å². The van der Waals surface area contributed by atoms with Gasteiger partial charge < -0.3 is 14.7 Å². The van der Waals surface area contributed by atoms with Gasteiger partial charge in [-0.1, -0.05) is 0 Å². The van der Waals surface area contributed by atoms with Crippen LogP contribution < -0.4 is 0 Å². The molecule has 0 aromatic rings. The number of aliphatic hydroxyl groups excluding tert-OH is 1. The first-order chi connectivity index (χ1) is 9.21. The van der Waals surface area contributed by atoms with Gasteiger partial charge in [0, 0.05) is 25.6 Å². The zero-order valence-corrected chi connectivity index (χ0v) is 13.1. The second kappa shape index (κ2) is 4.52. The molecule has 0 bridgehead atoms. The number of hydrogen-bond donors (Lipinski definition) is 1. The van der Waals surface area contributed by atoms with E-state index in [0.29, 0.717) is 11.8 Å². The van der Waals surface area contributed by atoms with Gasteiger partial charge in [0.1, 0.15) is 5.60 Å².